The fourth-order valence-electron chi connectivity index (χ4n) is 2.51. The van der Waals surface area contributed by atoms with Crippen molar-refractivity contribution in [1.29, 1.82) is 0 Å². The number of rotatable bonds is 7. The lowest BCUT2D eigenvalue weighted by atomic mass is 10.2. The summed E-state index contributed by atoms with van der Waals surface area (Å²) < 4.78 is 23.9. The first kappa shape index (κ1) is 20.1. The van der Waals surface area contributed by atoms with Gasteiger partial charge in [-0.05, 0) is 55.0 Å². The van der Waals surface area contributed by atoms with Gasteiger partial charge in [0.25, 0.3) is 5.91 Å². The Kier molecular flexibility index (Phi) is 6.58. The third kappa shape index (κ3) is 5.90. The summed E-state index contributed by atoms with van der Waals surface area (Å²) in [6.45, 7) is 1.84. The minimum Gasteiger partial charge on any atom is -0.489 e. The van der Waals surface area contributed by atoms with Gasteiger partial charge in [0.05, 0.1) is 5.56 Å². The Hall–Kier alpha value is -3.67. The maximum Gasteiger partial charge on any atom is 0.339 e. The van der Waals surface area contributed by atoms with E-state index in [4.69, 9.17) is 9.47 Å². The highest BCUT2D eigenvalue weighted by molar-refractivity contribution is 5.97. The van der Waals surface area contributed by atoms with E-state index in [0.29, 0.717) is 18.0 Å². The van der Waals surface area contributed by atoms with Gasteiger partial charge in [0.1, 0.15) is 18.2 Å². The molecule has 1 N–H and O–H groups in total. The van der Waals surface area contributed by atoms with Crippen LogP contribution < -0.4 is 10.1 Å². The van der Waals surface area contributed by atoms with Crippen molar-refractivity contribution in [2.45, 2.75) is 19.6 Å². The van der Waals surface area contributed by atoms with Gasteiger partial charge in [-0.25, -0.2) is 9.18 Å². The highest BCUT2D eigenvalue weighted by Crippen LogP contribution is 2.17. The third-order valence-electron chi connectivity index (χ3n) is 4.08. The Labute approximate surface area is 168 Å². The maximum atomic E-state index is 12.9. The molecular weight excluding hydrogens is 373 g/mol. The van der Waals surface area contributed by atoms with E-state index in [0.717, 1.165) is 5.56 Å². The zero-order valence-corrected chi connectivity index (χ0v) is 15.8. The van der Waals surface area contributed by atoms with Gasteiger partial charge in [-0.2, -0.15) is 0 Å². The molecule has 0 fully saturated rings. The van der Waals surface area contributed by atoms with Gasteiger partial charge in [0.15, 0.2) is 6.10 Å². The van der Waals surface area contributed by atoms with Gasteiger partial charge >= 0.3 is 5.97 Å². The predicted octanol–water partition coefficient (Wildman–Crippen LogP) is 4.59. The van der Waals surface area contributed by atoms with Crippen molar-refractivity contribution in [2.75, 3.05) is 5.32 Å². The molecule has 1 amide bonds. The van der Waals surface area contributed by atoms with E-state index in [1.54, 1.807) is 24.3 Å². The molecule has 0 saturated heterocycles. The van der Waals surface area contributed by atoms with E-state index in [-0.39, 0.29) is 5.56 Å². The lowest BCUT2D eigenvalue weighted by Crippen LogP contribution is -2.30. The largest absolute Gasteiger partial charge is 0.489 e. The van der Waals surface area contributed by atoms with Crippen LogP contribution in [0.4, 0.5) is 10.1 Å². The molecule has 0 radical (unpaired) electrons. The molecule has 0 bridgehead atoms. The van der Waals surface area contributed by atoms with Gasteiger partial charge in [-0.3, -0.25) is 4.79 Å². The molecule has 3 rings (SSSR count). The van der Waals surface area contributed by atoms with Crippen LogP contribution in [0.25, 0.3) is 0 Å². The van der Waals surface area contributed by atoms with Crippen molar-refractivity contribution in [3.8, 4) is 5.75 Å². The molecule has 3 aromatic rings. The molecule has 29 heavy (non-hydrogen) atoms. The molecule has 0 aromatic heterocycles. The van der Waals surface area contributed by atoms with Crippen LogP contribution in [-0.2, 0) is 16.1 Å². The predicted molar refractivity (Wildman–Crippen MR) is 107 cm³/mol. The number of benzene rings is 3. The molecule has 0 aliphatic carbocycles. The number of hydrogen-bond donors (Lipinski definition) is 1. The second-order valence-electron chi connectivity index (χ2n) is 6.35. The summed E-state index contributed by atoms with van der Waals surface area (Å²) in [5.41, 5.74) is 1.69. The number of anilines is 1. The molecule has 5 nitrogen and oxygen atoms in total. The Morgan fingerprint density at radius 3 is 2.41 bits per heavy atom. The monoisotopic (exact) mass is 393 g/mol. The number of nitrogens with one attached hydrogen (secondary N) is 1. The molecule has 148 valence electrons. The Bertz CT molecular complexity index is 974. The van der Waals surface area contributed by atoms with Gasteiger partial charge in [0.2, 0.25) is 0 Å². The average molecular weight is 393 g/mol. The van der Waals surface area contributed by atoms with Crippen molar-refractivity contribution < 1.29 is 23.5 Å². The summed E-state index contributed by atoms with van der Waals surface area (Å²) in [6.07, 6.45) is -1.03. The summed E-state index contributed by atoms with van der Waals surface area (Å²) in [5.74, 6) is -1.04. The van der Waals surface area contributed by atoms with Crippen LogP contribution >= 0.6 is 0 Å². The summed E-state index contributed by atoms with van der Waals surface area (Å²) in [4.78, 5) is 24.6. The van der Waals surface area contributed by atoms with E-state index in [1.807, 2.05) is 30.3 Å². The van der Waals surface area contributed by atoms with Crippen molar-refractivity contribution >= 4 is 17.6 Å². The normalized spacial score (nSPS) is 11.4. The molecule has 1 atom stereocenters. The van der Waals surface area contributed by atoms with E-state index in [9.17, 15) is 14.0 Å². The number of carbonyl (C=O) groups is 2. The van der Waals surface area contributed by atoms with Crippen LogP contribution in [0.5, 0.6) is 5.75 Å². The quantitative estimate of drug-likeness (QED) is 0.597. The number of ether oxygens (including phenoxy) is 2. The van der Waals surface area contributed by atoms with Crippen LogP contribution in [-0.4, -0.2) is 18.0 Å². The molecule has 0 unspecified atom stereocenters. The standard InChI is InChI=1S/C23H20FNO4/c1-16(22(26)25-20-12-10-19(24)11-13-20)29-23(27)18-8-5-9-21(14-18)28-15-17-6-3-2-4-7-17/h2-14,16H,15H2,1H3,(H,25,26)/t16-/m1/s1. The second kappa shape index (κ2) is 9.50. The lowest BCUT2D eigenvalue weighted by molar-refractivity contribution is -0.123. The number of halogens is 1. The minimum absolute atomic E-state index is 0.275. The summed E-state index contributed by atoms with van der Waals surface area (Å²) in [5, 5.41) is 2.57. The van der Waals surface area contributed by atoms with E-state index < -0.39 is 23.8 Å². The zero-order chi connectivity index (χ0) is 20.6. The Balaban J connectivity index is 1.56. The first-order valence-corrected chi connectivity index (χ1v) is 9.05. The molecule has 3 aromatic carbocycles. The second-order valence-corrected chi connectivity index (χ2v) is 6.35. The topological polar surface area (TPSA) is 64.6 Å². The number of esters is 1. The maximum absolute atomic E-state index is 12.9. The van der Waals surface area contributed by atoms with Crippen LogP contribution in [0.15, 0.2) is 78.9 Å². The van der Waals surface area contributed by atoms with Gasteiger partial charge in [0, 0.05) is 5.69 Å². The average Bonchev–Trinajstić information content (AvgIpc) is 2.74. The molecular formula is C23H20FNO4. The fraction of sp³-hybridized carbons (Fsp3) is 0.130. The summed E-state index contributed by atoms with van der Waals surface area (Å²) in [7, 11) is 0. The fourth-order valence-corrected chi connectivity index (χ4v) is 2.51. The minimum atomic E-state index is -1.03. The SMILES string of the molecule is C[C@@H](OC(=O)c1cccc(OCc2ccccc2)c1)C(=O)Nc1ccc(F)cc1. The van der Waals surface area contributed by atoms with Crippen molar-refractivity contribution in [1.82, 2.24) is 0 Å². The molecule has 0 aliphatic heterocycles. The zero-order valence-electron chi connectivity index (χ0n) is 15.8. The first-order valence-electron chi connectivity index (χ1n) is 9.05. The number of amides is 1. The first-order chi connectivity index (χ1) is 14.0. The third-order valence-corrected chi connectivity index (χ3v) is 4.08. The van der Waals surface area contributed by atoms with Crippen LogP contribution in [0.1, 0.15) is 22.8 Å². The number of hydrogen-bond acceptors (Lipinski definition) is 4. The number of carbonyl (C=O) groups excluding carboxylic acids is 2. The van der Waals surface area contributed by atoms with Crippen molar-refractivity contribution in [2.24, 2.45) is 0 Å². The summed E-state index contributed by atoms with van der Waals surface area (Å²) >= 11 is 0. The Morgan fingerprint density at radius 1 is 0.966 bits per heavy atom. The molecule has 0 saturated carbocycles. The van der Waals surface area contributed by atoms with E-state index in [1.165, 1.54) is 31.2 Å². The molecule has 0 aliphatic rings. The highest BCUT2D eigenvalue weighted by atomic mass is 19.1. The smallest absolute Gasteiger partial charge is 0.339 e. The molecule has 6 heteroatoms. The van der Waals surface area contributed by atoms with Crippen LogP contribution in [0.3, 0.4) is 0 Å². The molecule has 0 spiro atoms. The lowest BCUT2D eigenvalue weighted by Gasteiger charge is -2.14. The van der Waals surface area contributed by atoms with E-state index in [2.05, 4.69) is 5.32 Å². The van der Waals surface area contributed by atoms with Crippen molar-refractivity contribution in [3.63, 3.8) is 0 Å². The van der Waals surface area contributed by atoms with Crippen molar-refractivity contribution in [3.05, 3.63) is 95.8 Å². The van der Waals surface area contributed by atoms with Gasteiger partial charge in [-0.1, -0.05) is 36.4 Å². The van der Waals surface area contributed by atoms with Crippen LogP contribution in [0.2, 0.25) is 0 Å². The summed E-state index contributed by atoms with van der Waals surface area (Å²) in [6, 6.07) is 21.5. The van der Waals surface area contributed by atoms with E-state index >= 15 is 0 Å². The van der Waals surface area contributed by atoms with Gasteiger partial charge < -0.3 is 14.8 Å². The van der Waals surface area contributed by atoms with Gasteiger partial charge in [-0.15, -0.1) is 0 Å². The Morgan fingerprint density at radius 2 is 1.69 bits per heavy atom. The highest BCUT2D eigenvalue weighted by Gasteiger charge is 2.19. The van der Waals surface area contributed by atoms with Crippen LogP contribution in [0, 0.1) is 5.82 Å². The molecule has 0 heterocycles.